The van der Waals surface area contributed by atoms with Crippen molar-refractivity contribution >= 4 is 17.5 Å². The highest BCUT2D eigenvalue weighted by Crippen LogP contribution is 2.15. The van der Waals surface area contributed by atoms with Crippen molar-refractivity contribution in [3.05, 3.63) is 59.9 Å². The van der Waals surface area contributed by atoms with E-state index in [1.165, 1.54) is 13.0 Å². The molecule has 2 aromatic rings. The summed E-state index contributed by atoms with van der Waals surface area (Å²) in [6, 6.07) is 12.9. The monoisotopic (exact) mass is 316 g/mol. The minimum Gasteiger partial charge on any atom is -0.484 e. The Morgan fingerprint density at radius 1 is 1.09 bits per heavy atom. The van der Waals surface area contributed by atoms with Crippen molar-refractivity contribution in [2.45, 2.75) is 13.5 Å². The van der Waals surface area contributed by atoms with Gasteiger partial charge in [0.1, 0.15) is 11.6 Å². The molecule has 0 saturated heterocycles. The molecule has 6 heteroatoms. The molecule has 0 aromatic heterocycles. The molecule has 0 heterocycles. The first-order valence-corrected chi connectivity index (χ1v) is 7.05. The van der Waals surface area contributed by atoms with Gasteiger partial charge in [0.05, 0.1) is 0 Å². The van der Waals surface area contributed by atoms with Gasteiger partial charge in [-0.05, 0) is 30.3 Å². The maximum atomic E-state index is 13.4. The Labute approximate surface area is 133 Å². The van der Waals surface area contributed by atoms with Gasteiger partial charge in [0.15, 0.2) is 6.61 Å². The third-order valence-electron chi connectivity index (χ3n) is 2.98. The lowest BCUT2D eigenvalue weighted by Gasteiger charge is -2.09. The highest BCUT2D eigenvalue weighted by molar-refractivity contribution is 5.88. The van der Waals surface area contributed by atoms with E-state index in [1.807, 2.05) is 0 Å². The van der Waals surface area contributed by atoms with E-state index in [9.17, 15) is 14.0 Å². The van der Waals surface area contributed by atoms with E-state index in [0.29, 0.717) is 17.0 Å². The lowest BCUT2D eigenvalue weighted by Crippen LogP contribution is -2.28. The Bertz CT molecular complexity index is 686. The average molecular weight is 316 g/mol. The molecule has 0 aliphatic heterocycles. The highest BCUT2D eigenvalue weighted by Gasteiger charge is 2.05. The summed E-state index contributed by atoms with van der Waals surface area (Å²) in [7, 11) is 0. The van der Waals surface area contributed by atoms with Crippen LogP contribution in [0.3, 0.4) is 0 Å². The number of nitrogens with one attached hydrogen (secondary N) is 2. The van der Waals surface area contributed by atoms with Crippen molar-refractivity contribution in [1.29, 1.82) is 0 Å². The molecule has 0 atom stereocenters. The number of carbonyl (C=O) groups excluding carboxylic acids is 2. The minimum atomic E-state index is -0.359. The molecular weight excluding hydrogens is 299 g/mol. The van der Waals surface area contributed by atoms with Crippen LogP contribution in [0, 0.1) is 5.82 Å². The van der Waals surface area contributed by atoms with E-state index in [0.717, 1.165) is 0 Å². The van der Waals surface area contributed by atoms with E-state index in [2.05, 4.69) is 10.6 Å². The van der Waals surface area contributed by atoms with E-state index in [-0.39, 0.29) is 30.8 Å². The Kier molecular flexibility index (Phi) is 5.68. The summed E-state index contributed by atoms with van der Waals surface area (Å²) in [4.78, 5) is 22.6. The van der Waals surface area contributed by atoms with Gasteiger partial charge in [-0.1, -0.05) is 18.2 Å². The summed E-state index contributed by atoms with van der Waals surface area (Å²) < 4.78 is 18.7. The predicted molar refractivity (Wildman–Crippen MR) is 84.5 cm³/mol. The molecule has 5 nitrogen and oxygen atoms in total. The topological polar surface area (TPSA) is 67.4 Å². The number of amides is 2. The molecule has 23 heavy (non-hydrogen) atoms. The Morgan fingerprint density at radius 2 is 1.78 bits per heavy atom. The molecule has 0 saturated carbocycles. The van der Waals surface area contributed by atoms with E-state index in [1.54, 1.807) is 42.5 Å². The molecular formula is C17H17FN2O3. The third kappa shape index (κ3) is 5.43. The van der Waals surface area contributed by atoms with E-state index < -0.39 is 0 Å². The molecule has 0 unspecified atom stereocenters. The van der Waals surface area contributed by atoms with Gasteiger partial charge in [-0.25, -0.2) is 4.39 Å². The molecule has 0 aliphatic carbocycles. The van der Waals surface area contributed by atoms with Crippen LogP contribution in [0.15, 0.2) is 48.5 Å². The van der Waals surface area contributed by atoms with Crippen molar-refractivity contribution in [1.82, 2.24) is 5.32 Å². The molecule has 2 amide bonds. The fourth-order valence-electron chi connectivity index (χ4n) is 1.87. The lowest BCUT2D eigenvalue weighted by atomic mass is 10.2. The number of ether oxygens (including phenoxy) is 1. The van der Waals surface area contributed by atoms with Gasteiger partial charge in [-0.3, -0.25) is 9.59 Å². The normalized spacial score (nSPS) is 10.0. The van der Waals surface area contributed by atoms with Gasteiger partial charge in [-0.15, -0.1) is 0 Å². The van der Waals surface area contributed by atoms with E-state index in [4.69, 9.17) is 4.74 Å². The van der Waals surface area contributed by atoms with Crippen LogP contribution >= 0.6 is 0 Å². The van der Waals surface area contributed by atoms with Gasteiger partial charge in [0, 0.05) is 24.7 Å². The lowest BCUT2D eigenvalue weighted by molar-refractivity contribution is -0.123. The fraction of sp³-hybridized carbons (Fsp3) is 0.176. The van der Waals surface area contributed by atoms with Gasteiger partial charge in [0.25, 0.3) is 5.91 Å². The second-order valence-corrected chi connectivity index (χ2v) is 4.86. The standard InChI is InChI=1S/C17H17FN2O3/c1-12(21)20-14-6-8-15(9-7-14)23-11-17(22)19-10-13-4-2-3-5-16(13)18/h2-9H,10-11H2,1H3,(H,19,22)(H,20,21). The van der Waals surface area contributed by atoms with Crippen LogP contribution in [0.4, 0.5) is 10.1 Å². The number of anilines is 1. The first kappa shape index (κ1) is 16.5. The number of benzene rings is 2. The Balaban J connectivity index is 1.78. The second kappa shape index (κ2) is 7.93. The zero-order valence-electron chi connectivity index (χ0n) is 12.6. The van der Waals surface area contributed by atoms with Crippen LogP contribution in [0.1, 0.15) is 12.5 Å². The smallest absolute Gasteiger partial charge is 0.258 e. The summed E-state index contributed by atoms with van der Waals surface area (Å²) >= 11 is 0. The Hall–Kier alpha value is -2.89. The molecule has 2 rings (SSSR count). The second-order valence-electron chi connectivity index (χ2n) is 4.86. The number of rotatable bonds is 6. The molecule has 0 radical (unpaired) electrons. The molecule has 0 fully saturated rings. The quantitative estimate of drug-likeness (QED) is 0.860. The van der Waals surface area contributed by atoms with Crippen molar-refractivity contribution in [2.75, 3.05) is 11.9 Å². The first-order valence-electron chi connectivity index (χ1n) is 7.05. The van der Waals surface area contributed by atoms with E-state index >= 15 is 0 Å². The number of halogens is 1. The maximum absolute atomic E-state index is 13.4. The number of carbonyl (C=O) groups is 2. The fourth-order valence-corrected chi connectivity index (χ4v) is 1.87. The molecule has 0 spiro atoms. The molecule has 0 aliphatic rings. The van der Waals surface area contributed by atoms with Crippen molar-refractivity contribution in [3.8, 4) is 5.75 Å². The maximum Gasteiger partial charge on any atom is 0.258 e. The van der Waals surface area contributed by atoms with Gasteiger partial charge in [0.2, 0.25) is 5.91 Å². The Morgan fingerprint density at radius 3 is 2.43 bits per heavy atom. The summed E-state index contributed by atoms with van der Waals surface area (Å²) in [6.45, 7) is 1.36. The van der Waals surface area contributed by atoms with Crippen molar-refractivity contribution in [2.24, 2.45) is 0 Å². The van der Waals surface area contributed by atoms with Crippen LogP contribution < -0.4 is 15.4 Å². The average Bonchev–Trinajstić information content (AvgIpc) is 2.53. The van der Waals surface area contributed by atoms with Gasteiger partial charge >= 0.3 is 0 Å². The molecule has 2 aromatic carbocycles. The summed E-state index contributed by atoms with van der Waals surface area (Å²) in [5.41, 5.74) is 1.06. The van der Waals surface area contributed by atoms with Gasteiger partial charge < -0.3 is 15.4 Å². The molecule has 0 bridgehead atoms. The van der Waals surface area contributed by atoms with Crippen molar-refractivity contribution in [3.63, 3.8) is 0 Å². The van der Waals surface area contributed by atoms with Crippen LogP contribution in [0.5, 0.6) is 5.75 Å². The zero-order chi connectivity index (χ0) is 16.7. The minimum absolute atomic E-state index is 0.107. The predicted octanol–water partition coefficient (Wildman–Crippen LogP) is 2.48. The SMILES string of the molecule is CC(=O)Nc1ccc(OCC(=O)NCc2ccccc2F)cc1. The van der Waals surface area contributed by atoms with Gasteiger partial charge in [-0.2, -0.15) is 0 Å². The first-order chi connectivity index (χ1) is 11.0. The largest absolute Gasteiger partial charge is 0.484 e. The van der Waals surface area contributed by atoms with Crippen LogP contribution in [-0.2, 0) is 16.1 Å². The highest BCUT2D eigenvalue weighted by atomic mass is 19.1. The van der Waals surface area contributed by atoms with Crippen LogP contribution in [0.25, 0.3) is 0 Å². The molecule has 2 N–H and O–H groups in total. The van der Waals surface area contributed by atoms with Crippen LogP contribution in [-0.4, -0.2) is 18.4 Å². The summed E-state index contributed by atoms with van der Waals surface area (Å²) in [6.07, 6.45) is 0. The number of hydrogen-bond acceptors (Lipinski definition) is 3. The van der Waals surface area contributed by atoms with Crippen molar-refractivity contribution < 1.29 is 18.7 Å². The van der Waals surface area contributed by atoms with Crippen LogP contribution in [0.2, 0.25) is 0 Å². The third-order valence-corrected chi connectivity index (χ3v) is 2.98. The zero-order valence-corrected chi connectivity index (χ0v) is 12.6. The number of hydrogen-bond donors (Lipinski definition) is 2. The summed E-state index contributed by atoms with van der Waals surface area (Å²) in [5.74, 6) is -0.368. The molecule has 120 valence electrons. The summed E-state index contributed by atoms with van der Waals surface area (Å²) in [5, 5.41) is 5.22.